The first-order chi connectivity index (χ1) is 21.6. The summed E-state index contributed by atoms with van der Waals surface area (Å²) in [6, 6.07) is 13.6. The minimum absolute atomic E-state index is 0.167. The first-order valence-corrected chi connectivity index (χ1v) is 17.2. The quantitative estimate of drug-likeness (QED) is 0.228. The van der Waals surface area contributed by atoms with E-state index in [0.29, 0.717) is 59.6 Å². The van der Waals surface area contributed by atoms with Gasteiger partial charge in [-0.1, -0.05) is 43.1 Å². The maximum atomic E-state index is 12.8. The van der Waals surface area contributed by atoms with Gasteiger partial charge in [-0.25, -0.2) is 4.79 Å². The van der Waals surface area contributed by atoms with Crippen molar-refractivity contribution in [2.75, 3.05) is 18.5 Å². The summed E-state index contributed by atoms with van der Waals surface area (Å²) in [4.78, 5) is 17.5. The summed E-state index contributed by atoms with van der Waals surface area (Å²) >= 11 is 12.9. The number of benzene rings is 2. The maximum absolute atomic E-state index is 12.8. The number of ether oxygens (including phenoxy) is 2. The van der Waals surface area contributed by atoms with Crippen LogP contribution in [0.4, 0.5) is 5.69 Å². The summed E-state index contributed by atoms with van der Waals surface area (Å²) < 4.78 is 12.5. The smallest absolute Gasteiger partial charge is 0.329 e. The van der Waals surface area contributed by atoms with E-state index in [-0.39, 0.29) is 5.41 Å². The molecule has 3 aliphatic carbocycles. The summed E-state index contributed by atoms with van der Waals surface area (Å²) in [7, 11) is 0. The van der Waals surface area contributed by atoms with Crippen LogP contribution in [0, 0.1) is 11.8 Å². The zero-order valence-electron chi connectivity index (χ0n) is 26.5. The molecule has 1 fully saturated rings. The third-order valence-corrected chi connectivity index (χ3v) is 11.2. The van der Waals surface area contributed by atoms with E-state index in [9.17, 15) is 9.90 Å². The molecule has 2 N–H and O–H groups in total. The van der Waals surface area contributed by atoms with Gasteiger partial charge in [-0.2, -0.15) is 0 Å². The average Bonchev–Trinajstić information content (AvgIpc) is 3.28. The summed E-state index contributed by atoms with van der Waals surface area (Å²) in [5.74, 6) is 1.96. The molecule has 45 heavy (non-hydrogen) atoms. The van der Waals surface area contributed by atoms with Gasteiger partial charge in [-0.05, 0) is 135 Å². The Morgan fingerprint density at radius 3 is 2.64 bits per heavy atom. The number of hydrogen-bond donors (Lipinski definition) is 2. The fourth-order valence-electron chi connectivity index (χ4n) is 8.37. The van der Waals surface area contributed by atoms with E-state index >= 15 is 0 Å². The number of fused-ring (bicyclic) bond motifs is 3. The largest absolute Gasteiger partial charge is 0.493 e. The number of nitrogens with zero attached hydrogens (tertiary/aromatic N) is 1. The molecule has 240 valence electrons. The highest BCUT2D eigenvalue weighted by atomic mass is 35.5. The van der Waals surface area contributed by atoms with Crippen LogP contribution in [0.15, 0.2) is 48.7 Å². The van der Waals surface area contributed by atoms with Gasteiger partial charge >= 0.3 is 5.97 Å². The van der Waals surface area contributed by atoms with Crippen molar-refractivity contribution in [1.82, 2.24) is 4.98 Å². The lowest BCUT2D eigenvalue weighted by Crippen LogP contribution is -2.53. The van der Waals surface area contributed by atoms with Crippen LogP contribution in [0.25, 0.3) is 0 Å². The third kappa shape index (κ3) is 6.25. The van der Waals surface area contributed by atoms with E-state index in [0.717, 1.165) is 43.5 Å². The topological polar surface area (TPSA) is 80.7 Å². The molecule has 6 rings (SSSR count). The SMILES string of the molecule is CCOc1cc2c(cc1Cl)CC(C[C@@H](C)COc1ccnc3c1[C@H](C)CCC3)C21CCC(Nc2cccc(Cl)c2)(C(=O)O)CC1. The van der Waals surface area contributed by atoms with Gasteiger partial charge in [-0.3, -0.25) is 4.98 Å². The zero-order valence-corrected chi connectivity index (χ0v) is 28.0. The van der Waals surface area contributed by atoms with Gasteiger partial charge in [0.2, 0.25) is 0 Å². The minimum Gasteiger partial charge on any atom is -0.493 e. The molecule has 6 nitrogen and oxygen atoms in total. The number of nitrogens with one attached hydrogen (secondary N) is 1. The molecular weight excluding hydrogens is 607 g/mol. The predicted molar refractivity (Wildman–Crippen MR) is 180 cm³/mol. The summed E-state index contributed by atoms with van der Waals surface area (Å²) in [6.07, 6.45) is 9.64. The van der Waals surface area contributed by atoms with E-state index in [4.69, 9.17) is 32.7 Å². The van der Waals surface area contributed by atoms with Gasteiger partial charge in [0.05, 0.1) is 18.2 Å². The molecule has 1 spiro atoms. The van der Waals surface area contributed by atoms with Crippen LogP contribution in [0.2, 0.25) is 10.0 Å². The molecular formula is C37H44Cl2N2O4. The van der Waals surface area contributed by atoms with Crippen LogP contribution in [-0.2, 0) is 23.1 Å². The lowest BCUT2D eigenvalue weighted by atomic mass is 9.59. The number of aliphatic carboxylic acids is 1. The highest BCUT2D eigenvalue weighted by Crippen LogP contribution is 2.57. The van der Waals surface area contributed by atoms with Crippen LogP contribution in [-0.4, -0.2) is 34.8 Å². The molecule has 3 atom stereocenters. The number of rotatable bonds is 10. The van der Waals surface area contributed by atoms with E-state index in [1.807, 2.05) is 31.3 Å². The van der Waals surface area contributed by atoms with Crippen LogP contribution in [0.5, 0.6) is 11.5 Å². The monoisotopic (exact) mass is 650 g/mol. The van der Waals surface area contributed by atoms with Gasteiger partial charge in [0, 0.05) is 28.2 Å². The van der Waals surface area contributed by atoms with Crippen LogP contribution >= 0.6 is 23.2 Å². The molecule has 3 aliphatic rings. The van der Waals surface area contributed by atoms with Crippen molar-refractivity contribution in [3.63, 3.8) is 0 Å². The molecule has 2 aromatic carbocycles. The van der Waals surface area contributed by atoms with Gasteiger partial charge in [0.1, 0.15) is 17.0 Å². The van der Waals surface area contributed by atoms with Gasteiger partial charge in [-0.15, -0.1) is 0 Å². The number of pyridine rings is 1. The molecule has 0 radical (unpaired) electrons. The standard InChI is InChI=1S/C37H44Cl2N2O4/c1-4-44-33-21-29-25(19-30(33)39)18-26(17-23(2)22-45-32-11-16-40-31-10-5-7-24(3)34(31)32)36(29)12-14-37(15-13-36,35(42)43)41-28-9-6-8-27(38)20-28/h6,8-9,11,16,19-21,23-24,26,41H,4-5,7,10,12-15,17-18,22H2,1-3H3,(H,42,43)/t23-,24-,26?,36?,37?/m1/s1. The second kappa shape index (κ2) is 13.0. The lowest BCUT2D eigenvalue weighted by Gasteiger charge is -2.47. The Kier molecular flexibility index (Phi) is 9.27. The molecule has 3 aromatic rings. The molecule has 1 aromatic heterocycles. The number of carbonyl (C=O) groups is 1. The normalized spacial score (nSPS) is 26.2. The van der Waals surface area contributed by atoms with E-state index in [1.165, 1.54) is 35.2 Å². The van der Waals surface area contributed by atoms with E-state index < -0.39 is 11.5 Å². The Morgan fingerprint density at radius 2 is 1.91 bits per heavy atom. The van der Waals surface area contributed by atoms with Gasteiger partial charge < -0.3 is 19.9 Å². The highest BCUT2D eigenvalue weighted by Gasteiger charge is 2.54. The second-order valence-corrected chi connectivity index (χ2v) is 14.4. The zero-order chi connectivity index (χ0) is 31.8. The number of halogens is 2. The van der Waals surface area contributed by atoms with Crippen LogP contribution in [0.1, 0.15) is 94.0 Å². The molecule has 0 saturated heterocycles. The number of carboxylic acids is 1. The van der Waals surface area contributed by atoms with Crippen molar-refractivity contribution in [2.24, 2.45) is 11.8 Å². The first kappa shape index (κ1) is 32.0. The second-order valence-electron chi connectivity index (χ2n) is 13.6. The Labute approximate surface area is 276 Å². The minimum atomic E-state index is -1.07. The van der Waals surface area contributed by atoms with Crippen molar-refractivity contribution < 1.29 is 19.4 Å². The first-order valence-electron chi connectivity index (χ1n) is 16.5. The molecule has 0 amide bonds. The lowest BCUT2D eigenvalue weighted by molar-refractivity contribution is -0.144. The van der Waals surface area contributed by atoms with Gasteiger partial charge in [0.15, 0.2) is 0 Å². The maximum Gasteiger partial charge on any atom is 0.329 e. The van der Waals surface area contributed by atoms with Crippen molar-refractivity contribution in [3.8, 4) is 11.5 Å². The van der Waals surface area contributed by atoms with Crippen molar-refractivity contribution >= 4 is 34.9 Å². The summed E-state index contributed by atoms with van der Waals surface area (Å²) in [5.41, 5.74) is 4.48. The highest BCUT2D eigenvalue weighted by molar-refractivity contribution is 6.32. The summed E-state index contributed by atoms with van der Waals surface area (Å²) in [5, 5.41) is 15.1. The molecule has 1 unspecified atom stereocenters. The van der Waals surface area contributed by atoms with E-state index in [2.05, 4.69) is 36.3 Å². The third-order valence-electron chi connectivity index (χ3n) is 10.6. The number of anilines is 1. The Balaban J connectivity index is 1.25. The van der Waals surface area contributed by atoms with Crippen LogP contribution in [0.3, 0.4) is 0 Å². The average molecular weight is 652 g/mol. The fourth-order valence-corrected chi connectivity index (χ4v) is 8.80. The predicted octanol–water partition coefficient (Wildman–Crippen LogP) is 9.25. The molecule has 8 heteroatoms. The number of carboxylic acid groups (broad SMARTS) is 1. The number of aromatic nitrogens is 1. The van der Waals surface area contributed by atoms with Crippen LogP contribution < -0.4 is 14.8 Å². The molecule has 0 aliphatic heterocycles. The van der Waals surface area contributed by atoms with Crippen molar-refractivity contribution in [3.05, 3.63) is 81.1 Å². The summed E-state index contributed by atoms with van der Waals surface area (Å²) in [6.45, 7) is 7.68. The molecule has 1 heterocycles. The Morgan fingerprint density at radius 1 is 1.11 bits per heavy atom. The van der Waals surface area contributed by atoms with Crippen molar-refractivity contribution in [2.45, 2.75) is 95.4 Å². The number of aryl methyl sites for hydroxylation is 1. The van der Waals surface area contributed by atoms with E-state index in [1.54, 1.807) is 12.1 Å². The Hall–Kier alpha value is -2.96. The number of hydrogen-bond acceptors (Lipinski definition) is 5. The fraction of sp³-hybridized carbons (Fsp3) is 0.514. The van der Waals surface area contributed by atoms with Gasteiger partial charge in [0.25, 0.3) is 0 Å². The molecule has 1 saturated carbocycles. The Bertz CT molecular complexity index is 1550. The molecule has 0 bridgehead atoms. The van der Waals surface area contributed by atoms with Crippen molar-refractivity contribution in [1.29, 1.82) is 0 Å².